The van der Waals surface area contributed by atoms with Gasteiger partial charge in [-0.2, -0.15) is 0 Å². The van der Waals surface area contributed by atoms with E-state index in [4.69, 9.17) is 0 Å². The van der Waals surface area contributed by atoms with Crippen LogP contribution in [0.4, 0.5) is 0 Å². The third-order valence-electron chi connectivity index (χ3n) is 3.60. The summed E-state index contributed by atoms with van der Waals surface area (Å²) in [5.41, 5.74) is 1.74. The molecule has 3 aromatic rings. The summed E-state index contributed by atoms with van der Waals surface area (Å²) in [7, 11) is 0. The maximum atomic E-state index is 12.1. The van der Waals surface area contributed by atoms with Crippen molar-refractivity contribution in [2.75, 3.05) is 6.54 Å². The Morgan fingerprint density at radius 1 is 1.38 bits per heavy atom. The number of hydrogen-bond donors (Lipinski definition) is 2. The first kappa shape index (κ1) is 13.4. The highest BCUT2D eigenvalue weighted by molar-refractivity contribution is 5.98. The Bertz CT molecular complexity index is 756. The van der Waals surface area contributed by atoms with E-state index in [0.717, 1.165) is 29.7 Å². The van der Waals surface area contributed by atoms with E-state index in [1.807, 2.05) is 43.6 Å². The van der Waals surface area contributed by atoms with Crippen LogP contribution < -0.4 is 5.32 Å². The minimum Gasteiger partial charge on any atom is -0.361 e. The molecule has 5 heteroatoms. The molecule has 5 nitrogen and oxygen atoms in total. The second-order valence-corrected chi connectivity index (χ2v) is 5.06. The standard InChI is InChI=1S/C16H18N4O/c1-12-17-8-10-20(12)9-2-6-19-16(21)14-3-4-15-13(11-14)5-7-18-15/h3-5,7-8,10-11,18H,2,6,9H2,1H3,(H,19,21). The van der Waals surface area contributed by atoms with E-state index in [2.05, 4.69) is 19.9 Å². The summed E-state index contributed by atoms with van der Waals surface area (Å²) in [5.74, 6) is 0.972. The molecule has 0 spiro atoms. The van der Waals surface area contributed by atoms with Gasteiger partial charge in [0.15, 0.2) is 0 Å². The van der Waals surface area contributed by atoms with Crippen LogP contribution in [-0.4, -0.2) is 27.0 Å². The van der Waals surface area contributed by atoms with Gasteiger partial charge in [0.2, 0.25) is 0 Å². The summed E-state index contributed by atoms with van der Waals surface area (Å²) in [5, 5.41) is 4.01. The lowest BCUT2D eigenvalue weighted by molar-refractivity contribution is 0.0953. The molecule has 2 heterocycles. The summed E-state index contributed by atoms with van der Waals surface area (Å²) in [4.78, 5) is 19.4. The van der Waals surface area contributed by atoms with Crippen molar-refractivity contribution in [1.82, 2.24) is 19.9 Å². The summed E-state index contributed by atoms with van der Waals surface area (Å²) in [6.45, 7) is 3.50. The molecular weight excluding hydrogens is 264 g/mol. The quantitative estimate of drug-likeness (QED) is 0.706. The van der Waals surface area contributed by atoms with E-state index in [9.17, 15) is 4.79 Å². The van der Waals surface area contributed by atoms with Crippen molar-refractivity contribution < 1.29 is 4.79 Å². The van der Waals surface area contributed by atoms with Crippen LogP contribution in [0.15, 0.2) is 42.9 Å². The molecule has 2 N–H and O–H groups in total. The zero-order chi connectivity index (χ0) is 14.7. The molecule has 0 unspecified atom stereocenters. The van der Waals surface area contributed by atoms with E-state index in [-0.39, 0.29) is 5.91 Å². The van der Waals surface area contributed by atoms with Crippen LogP contribution in [0.1, 0.15) is 22.6 Å². The Hall–Kier alpha value is -2.56. The number of imidazole rings is 1. The van der Waals surface area contributed by atoms with Gasteiger partial charge in [0, 0.05) is 48.1 Å². The van der Waals surface area contributed by atoms with Crippen molar-refractivity contribution in [3.05, 3.63) is 54.2 Å². The zero-order valence-corrected chi connectivity index (χ0v) is 12.0. The fourth-order valence-corrected chi connectivity index (χ4v) is 2.39. The highest BCUT2D eigenvalue weighted by Gasteiger charge is 2.06. The minimum atomic E-state index is -0.0274. The number of hydrogen-bond acceptors (Lipinski definition) is 2. The lowest BCUT2D eigenvalue weighted by atomic mass is 10.1. The van der Waals surface area contributed by atoms with Gasteiger partial charge in [-0.25, -0.2) is 4.98 Å². The number of carbonyl (C=O) groups is 1. The smallest absolute Gasteiger partial charge is 0.251 e. The van der Waals surface area contributed by atoms with Crippen LogP contribution in [0, 0.1) is 6.92 Å². The number of benzene rings is 1. The average Bonchev–Trinajstić information content (AvgIpc) is 3.11. The molecule has 0 fully saturated rings. The first-order valence-corrected chi connectivity index (χ1v) is 7.07. The van der Waals surface area contributed by atoms with Gasteiger partial charge in [0.1, 0.15) is 5.82 Å². The van der Waals surface area contributed by atoms with Gasteiger partial charge in [0.25, 0.3) is 5.91 Å². The number of rotatable bonds is 5. The Kier molecular flexibility index (Phi) is 3.73. The Balaban J connectivity index is 1.53. The molecule has 3 rings (SSSR count). The molecule has 0 radical (unpaired) electrons. The number of nitrogens with one attached hydrogen (secondary N) is 2. The molecule has 1 amide bonds. The van der Waals surface area contributed by atoms with Crippen molar-refractivity contribution in [3.63, 3.8) is 0 Å². The molecule has 0 saturated heterocycles. The van der Waals surface area contributed by atoms with E-state index in [0.29, 0.717) is 12.1 Å². The van der Waals surface area contributed by atoms with Crippen molar-refractivity contribution in [2.45, 2.75) is 19.9 Å². The molecule has 0 aliphatic carbocycles. The summed E-state index contributed by atoms with van der Waals surface area (Å²) in [6.07, 6.45) is 6.51. The van der Waals surface area contributed by atoms with Gasteiger partial charge in [-0.05, 0) is 37.6 Å². The number of fused-ring (bicyclic) bond motifs is 1. The van der Waals surface area contributed by atoms with Crippen LogP contribution in [-0.2, 0) is 6.54 Å². The number of H-pyrrole nitrogens is 1. The summed E-state index contributed by atoms with van der Waals surface area (Å²) in [6, 6.07) is 7.64. The van der Waals surface area contributed by atoms with E-state index >= 15 is 0 Å². The molecule has 2 aromatic heterocycles. The molecule has 1 aromatic carbocycles. The van der Waals surface area contributed by atoms with Crippen molar-refractivity contribution >= 4 is 16.8 Å². The van der Waals surface area contributed by atoms with Crippen molar-refractivity contribution in [3.8, 4) is 0 Å². The zero-order valence-electron chi connectivity index (χ0n) is 12.0. The minimum absolute atomic E-state index is 0.0274. The fourth-order valence-electron chi connectivity index (χ4n) is 2.39. The first-order valence-electron chi connectivity index (χ1n) is 7.07. The Morgan fingerprint density at radius 3 is 3.10 bits per heavy atom. The van der Waals surface area contributed by atoms with Gasteiger partial charge in [-0.1, -0.05) is 0 Å². The fraction of sp³-hybridized carbons (Fsp3) is 0.250. The number of aryl methyl sites for hydroxylation is 2. The van der Waals surface area contributed by atoms with Crippen LogP contribution >= 0.6 is 0 Å². The highest BCUT2D eigenvalue weighted by atomic mass is 16.1. The molecule has 21 heavy (non-hydrogen) atoms. The largest absolute Gasteiger partial charge is 0.361 e. The Morgan fingerprint density at radius 2 is 2.29 bits per heavy atom. The van der Waals surface area contributed by atoms with Crippen molar-refractivity contribution in [1.29, 1.82) is 0 Å². The highest BCUT2D eigenvalue weighted by Crippen LogP contribution is 2.14. The van der Waals surface area contributed by atoms with E-state index < -0.39 is 0 Å². The second kappa shape index (κ2) is 5.83. The normalized spacial score (nSPS) is 10.9. The van der Waals surface area contributed by atoms with Gasteiger partial charge in [-0.3, -0.25) is 4.79 Å². The summed E-state index contributed by atoms with van der Waals surface area (Å²) >= 11 is 0. The predicted molar refractivity (Wildman–Crippen MR) is 82.2 cm³/mol. The monoisotopic (exact) mass is 282 g/mol. The lowest BCUT2D eigenvalue weighted by Gasteiger charge is -2.07. The number of aromatic nitrogens is 3. The molecule has 0 aliphatic rings. The van der Waals surface area contributed by atoms with Crippen LogP contribution in [0.2, 0.25) is 0 Å². The first-order chi connectivity index (χ1) is 10.2. The van der Waals surface area contributed by atoms with Crippen LogP contribution in [0.5, 0.6) is 0 Å². The van der Waals surface area contributed by atoms with E-state index in [1.165, 1.54) is 0 Å². The molecule has 108 valence electrons. The number of carbonyl (C=O) groups excluding carboxylic acids is 1. The van der Waals surface area contributed by atoms with Crippen LogP contribution in [0.25, 0.3) is 10.9 Å². The van der Waals surface area contributed by atoms with Gasteiger partial charge < -0.3 is 14.9 Å². The number of nitrogens with zero attached hydrogens (tertiary/aromatic N) is 2. The van der Waals surface area contributed by atoms with Gasteiger partial charge >= 0.3 is 0 Å². The van der Waals surface area contributed by atoms with Crippen LogP contribution in [0.3, 0.4) is 0 Å². The maximum Gasteiger partial charge on any atom is 0.251 e. The molecular formula is C16H18N4O. The number of aromatic amines is 1. The molecule has 0 aliphatic heterocycles. The van der Waals surface area contributed by atoms with E-state index in [1.54, 1.807) is 6.20 Å². The average molecular weight is 282 g/mol. The second-order valence-electron chi connectivity index (χ2n) is 5.06. The van der Waals surface area contributed by atoms with Gasteiger partial charge in [-0.15, -0.1) is 0 Å². The lowest BCUT2D eigenvalue weighted by Crippen LogP contribution is -2.25. The Labute approximate surface area is 123 Å². The summed E-state index contributed by atoms with van der Waals surface area (Å²) < 4.78 is 2.08. The van der Waals surface area contributed by atoms with Crippen molar-refractivity contribution in [2.24, 2.45) is 0 Å². The predicted octanol–water partition coefficient (Wildman–Crippen LogP) is 2.49. The third-order valence-corrected chi connectivity index (χ3v) is 3.60. The SMILES string of the molecule is Cc1nccn1CCCNC(=O)c1ccc2[nH]ccc2c1. The topological polar surface area (TPSA) is 62.7 Å². The molecule has 0 saturated carbocycles. The molecule has 0 atom stereocenters. The van der Waals surface area contributed by atoms with Gasteiger partial charge in [0.05, 0.1) is 0 Å². The third kappa shape index (κ3) is 2.97. The molecule has 0 bridgehead atoms. The maximum absolute atomic E-state index is 12.1. The number of amides is 1.